The SMILES string of the molecule is CC(C)Oc1ccc(CNC(=O)NC2CC2)cc1. The van der Waals surface area contributed by atoms with E-state index in [1.807, 2.05) is 38.1 Å². The maximum absolute atomic E-state index is 11.4. The zero-order chi connectivity index (χ0) is 13.0. The van der Waals surface area contributed by atoms with Gasteiger partial charge in [-0.05, 0) is 44.4 Å². The molecule has 0 unspecified atom stereocenters. The molecule has 0 radical (unpaired) electrons. The largest absolute Gasteiger partial charge is 0.491 e. The van der Waals surface area contributed by atoms with Crippen LogP contribution >= 0.6 is 0 Å². The summed E-state index contributed by atoms with van der Waals surface area (Å²) < 4.78 is 5.56. The summed E-state index contributed by atoms with van der Waals surface area (Å²) in [4.78, 5) is 11.4. The maximum atomic E-state index is 11.4. The molecule has 0 saturated heterocycles. The van der Waals surface area contributed by atoms with Crippen molar-refractivity contribution < 1.29 is 9.53 Å². The van der Waals surface area contributed by atoms with Gasteiger partial charge in [-0.25, -0.2) is 4.79 Å². The lowest BCUT2D eigenvalue weighted by atomic mass is 10.2. The summed E-state index contributed by atoms with van der Waals surface area (Å²) in [5.74, 6) is 0.858. The van der Waals surface area contributed by atoms with Crippen LogP contribution < -0.4 is 15.4 Å². The Kier molecular flexibility index (Phi) is 4.07. The standard InChI is InChI=1S/C14H20N2O2/c1-10(2)18-13-7-3-11(4-8-13)9-15-14(17)16-12-5-6-12/h3-4,7-8,10,12H,5-6,9H2,1-2H3,(H2,15,16,17). The Labute approximate surface area is 108 Å². The Morgan fingerprint density at radius 1 is 1.33 bits per heavy atom. The molecule has 18 heavy (non-hydrogen) atoms. The van der Waals surface area contributed by atoms with Crippen molar-refractivity contribution in [3.05, 3.63) is 29.8 Å². The average Bonchev–Trinajstić information content (AvgIpc) is 3.11. The molecular formula is C14H20N2O2. The number of benzene rings is 1. The van der Waals surface area contributed by atoms with Crippen LogP contribution in [0.25, 0.3) is 0 Å². The van der Waals surface area contributed by atoms with E-state index in [1.165, 1.54) is 0 Å². The number of ether oxygens (including phenoxy) is 1. The first-order valence-corrected chi connectivity index (χ1v) is 6.43. The van der Waals surface area contributed by atoms with Crippen LogP contribution in [-0.4, -0.2) is 18.2 Å². The summed E-state index contributed by atoms with van der Waals surface area (Å²) in [7, 11) is 0. The van der Waals surface area contributed by atoms with Gasteiger partial charge in [-0.1, -0.05) is 12.1 Å². The summed E-state index contributed by atoms with van der Waals surface area (Å²) in [5, 5.41) is 5.73. The fraction of sp³-hybridized carbons (Fsp3) is 0.500. The van der Waals surface area contributed by atoms with Gasteiger partial charge in [0.05, 0.1) is 6.10 Å². The fourth-order valence-electron chi connectivity index (χ4n) is 1.60. The Hall–Kier alpha value is -1.71. The van der Waals surface area contributed by atoms with Gasteiger partial charge in [-0.2, -0.15) is 0 Å². The molecule has 0 aliphatic heterocycles. The summed E-state index contributed by atoms with van der Waals surface area (Å²) in [6, 6.07) is 8.10. The van der Waals surface area contributed by atoms with Crippen molar-refractivity contribution in [2.24, 2.45) is 0 Å². The lowest BCUT2D eigenvalue weighted by Crippen LogP contribution is -2.36. The van der Waals surface area contributed by atoms with Crippen molar-refractivity contribution in [3.63, 3.8) is 0 Å². The quantitative estimate of drug-likeness (QED) is 0.841. The fourth-order valence-corrected chi connectivity index (χ4v) is 1.60. The van der Waals surface area contributed by atoms with Crippen molar-refractivity contribution in [1.82, 2.24) is 10.6 Å². The molecule has 0 bridgehead atoms. The lowest BCUT2D eigenvalue weighted by Gasteiger charge is -2.10. The predicted octanol–water partition coefficient (Wildman–Crippen LogP) is 2.44. The van der Waals surface area contributed by atoms with Crippen LogP contribution in [0.4, 0.5) is 4.79 Å². The second kappa shape index (κ2) is 5.76. The van der Waals surface area contributed by atoms with Crippen molar-refractivity contribution in [2.45, 2.75) is 45.4 Å². The van der Waals surface area contributed by atoms with E-state index >= 15 is 0 Å². The van der Waals surface area contributed by atoms with E-state index in [2.05, 4.69) is 10.6 Å². The van der Waals surface area contributed by atoms with Gasteiger partial charge in [0.2, 0.25) is 0 Å². The van der Waals surface area contributed by atoms with E-state index in [-0.39, 0.29) is 12.1 Å². The van der Waals surface area contributed by atoms with E-state index in [0.717, 1.165) is 24.2 Å². The van der Waals surface area contributed by atoms with Gasteiger partial charge in [0.15, 0.2) is 0 Å². The first-order valence-electron chi connectivity index (χ1n) is 6.43. The van der Waals surface area contributed by atoms with Gasteiger partial charge in [-0.15, -0.1) is 0 Å². The molecule has 1 aromatic rings. The molecule has 1 saturated carbocycles. The molecule has 2 rings (SSSR count). The molecule has 0 spiro atoms. The third kappa shape index (κ3) is 4.28. The summed E-state index contributed by atoms with van der Waals surface area (Å²) in [6.45, 7) is 4.54. The molecular weight excluding hydrogens is 228 g/mol. The number of rotatable bonds is 5. The van der Waals surface area contributed by atoms with Crippen molar-refractivity contribution in [2.75, 3.05) is 0 Å². The predicted molar refractivity (Wildman–Crippen MR) is 70.6 cm³/mol. The number of urea groups is 1. The first-order chi connectivity index (χ1) is 8.63. The van der Waals surface area contributed by atoms with E-state index in [9.17, 15) is 4.79 Å². The van der Waals surface area contributed by atoms with Crippen molar-refractivity contribution >= 4 is 6.03 Å². The number of carbonyl (C=O) groups excluding carboxylic acids is 1. The minimum Gasteiger partial charge on any atom is -0.491 e. The van der Waals surface area contributed by atoms with Crippen LogP contribution in [0.3, 0.4) is 0 Å². The molecule has 4 nitrogen and oxygen atoms in total. The Bertz CT molecular complexity index is 397. The molecule has 2 N–H and O–H groups in total. The van der Waals surface area contributed by atoms with Crippen LogP contribution in [0.1, 0.15) is 32.3 Å². The number of hydrogen-bond donors (Lipinski definition) is 2. The molecule has 1 fully saturated rings. The molecule has 0 heterocycles. The highest BCUT2D eigenvalue weighted by molar-refractivity contribution is 5.74. The van der Waals surface area contributed by atoms with Gasteiger partial charge >= 0.3 is 6.03 Å². The van der Waals surface area contributed by atoms with Crippen molar-refractivity contribution in [1.29, 1.82) is 0 Å². The Morgan fingerprint density at radius 3 is 2.56 bits per heavy atom. The number of nitrogens with one attached hydrogen (secondary N) is 2. The lowest BCUT2D eigenvalue weighted by molar-refractivity contribution is 0.240. The second-order valence-electron chi connectivity index (χ2n) is 4.91. The Morgan fingerprint density at radius 2 is 2.00 bits per heavy atom. The number of amides is 2. The molecule has 98 valence electrons. The van der Waals surface area contributed by atoms with Crippen LogP contribution in [0.2, 0.25) is 0 Å². The van der Waals surface area contributed by atoms with E-state index in [4.69, 9.17) is 4.74 Å². The third-order valence-electron chi connectivity index (χ3n) is 2.66. The van der Waals surface area contributed by atoms with Crippen molar-refractivity contribution in [3.8, 4) is 5.75 Å². The molecule has 0 aromatic heterocycles. The molecule has 1 aliphatic rings. The van der Waals surface area contributed by atoms with E-state index < -0.39 is 0 Å². The van der Waals surface area contributed by atoms with Crippen LogP contribution in [0, 0.1) is 0 Å². The average molecular weight is 248 g/mol. The third-order valence-corrected chi connectivity index (χ3v) is 2.66. The molecule has 4 heteroatoms. The molecule has 0 atom stereocenters. The van der Waals surface area contributed by atoms with Crippen LogP contribution in [-0.2, 0) is 6.54 Å². The number of carbonyl (C=O) groups is 1. The van der Waals surface area contributed by atoms with E-state index in [0.29, 0.717) is 12.6 Å². The zero-order valence-electron chi connectivity index (χ0n) is 10.9. The monoisotopic (exact) mass is 248 g/mol. The first kappa shape index (κ1) is 12.7. The van der Waals surface area contributed by atoms with Gasteiger partial charge in [0.25, 0.3) is 0 Å². The molecule has 2 amide bonds. The zero-order valence-corrected chi connectivity index (χ0v) is 10.9. The molecule has 1 aromatic carbocycles. The van der Waals surface area contributed by atoms with Crippen LogP contribution in [0.15, 0.2) is 24.3 Å². The minimum absolute atomic E-state index is 0.0833. The molecule has 1 aliphatic carbocycles. The van der Waals surface area contributed by atoms with Gasteiger partial charge < -0.3 is 15.4 Å². The topological polar surface area (TPSA) is 50.4 Å². The van der Waals surface area contributed by atoms with Gasteiger partial charge in [-0.3, -0.25) is 0 Å². The number of hydrogen-bond acceptors (Lipinski definition) is 2. The maximum Gasteiger partial charge on any atom is 0.315 e. The van der Waals surface area contributed by atoms with Gasteiger partial charge in [0, 0.05) is 12.6 Å². The van der Waals surface area contributed by atoms with Crippen LogP contribution in [0.5, 0.6) is 5.75 Å². The summed E-state index contributed by atoms with van der Waals surface area (Å²) in [5.41, 5.74) is 1.07. The smallest absolute Gasteiger partial charge is 0.315 e. The highest BCUT2D eigenvalue weighted by Gasteiger charge is 2.22. The highest BCUT2D eigenvalue weighted by atomic mass is 16.5. The summed E-state index contributed by atoms with van der Waals surface area (Å²) in [6.07, 6.45) is 2.39. The van der Waals surface area contributed by atoms with E-state index in [1.54, 1.807) is 0 Å². The summed E-state index contributed by atoms with van der Waals surface area (Å²) >= 11 is 0. The van der Waals surface area contributed by atoms with Gasteiger partial charge in [0.1, 0.15) is 5.75 Å². The minimum atomic E-state index is -0.0833. The highest BCUT2D eigenvalue weighted by Crippen LogP contribution is 2.18. The Balaban J connectivity index is 1.76. The second-order valence-corrected chi connectivity index (χ2v) is 4.91. The normalized spacial score (nSPS) is 14.4.